The number of aromatic nitrogens is 3. The molecule has 0 saturated carbocycles. The van der Waals surface area contributed by atoms with Gasteiger partial charge in [-0.3, -0.25) is 4.79 Å². The van der Waals surface area contributed by atoms with E-state index in [9.17, 15) is 24.2 Å². The third-order valence-electron chi connectivity index (χ3n) is 5.62. The summed E-state index contributed by atoms with van der Waals surface area (Å²) in [6, 6.07) is 19.2. The molecule has 0 saturated heterocycles. The molecule has 3 aromatic carbocycles. The molecule has 174 valence electrons. The van der Waals surface area contributed by atoms with Gasteiger partial charge in [0.05, 0.1) is 0 Å². The topological polar surface area (TPSA) is 128 Å². The molecule has 4 N–H and O–H groups in total. The molecule has 34 heavy (non-hydrogen) atoms. The molecule has 0 aliphatic heterocycles. The molecule has 4 rings (SSSR count). The summed E-state index contributed by atoms with van der Waals surface area (Å²) in [6.07, 6.45) is 0.0160. The van der Waals surface area contributed by atoms with Crippen molar-refractivity contribution in [3.8, 4) is 11.1 Å². The van der Waals surface area contributed by atoms with E-state index >= 15 is 0 Å². The summed E-state index contributed by atoms with van der Waals surface area (Å²) < 4.78 is 14.3. The van der Waals surface area contributed by atoms with Crippen LogP contribution in [0.15, 0.2) is 66.7 Å². The Bertz CT molecular complexity index is 1320. The molecule has 0 radical (unpaired) electrons. The number of nitrogens with zero attached hydrogens (tertiary/aromatic N) is 2. The number of amides is 1. The highest BCUT2D eigenvalue weighted by atomic mass is 19.1. The number of aromatic amines is 1. The van der Waals surface area contributed by atoms with Gasteiger partial charge in [0.2, 0.25) is 0 Å². The van der Waals surface area contributed by atoms with Crippen molar-refractivity contribution in [2.45, 2.75) is 31.4 Å². The predicted octanol–water partition coefficient (Wildman–Crippen LogP) is 3.33. The molecule has 1 aromatic heterocycles. The first-order valence-electron chi connectivity index (χ1n) is 10.6. The first-order valence-corrected chi connectivity index (χ1v) is 10.6. The van der Waals surface area contributed by atoms with E-state index in [4.69, 9.17) is 0 Å². The highest BCUT2D eigenvalue weighted by Crippen LogP contribution is 2.22. The molecule has 2 unspecified atom stereocenters. The van der Waals surface area contributed by atoms with Crippen molar-refractivity contribution >= 4 is 22.9 Å². The average Bonchev–Trinajstić information content (AvgIpc) is 3.29. The Morgan fingerprint density at radius 2 is 1.74 bits per heavy atom. The maximum absolute atomic E-state index is 14.3. The molecule has 1 amide bonds. The van der Waals surface area contributed by atoms with Crippen molar-refractivity contribution in [3.63, 3.8) is 0 Å². The number of aliphatic hydroxyl groups is 1. The van der Waals surface area contributed by atoms with Crippen LogP contribution in [0.25, 0.3) is 22.2 Å². The van der Waals surface area contributed by atoms with Gasteiger partial charge in [-0.2, -0.15) is 15.4 Å². The number of carbonyl (C=O) groups excluding carboxylic acids is 1. The first kappa shape index (κ1) is 23.1. The van der Waals surface area contributed by atoms with Crippen molar-refractivity contribution in [3.05, 3.63) is 83.7 Å². The van der Waals surface area contributed by atoms with Crippen molar-refractivity contribution in [2.24, 2.45) is 0 Å². The number of hydrogen-bond acceptors (Lipinski definition) is 5. The van der Waals surface area contributed by atoms with Crippen LogP contribution in [0.5, 0.6) is 0 Å². The van der Waals surface area contributed by atoms with Crippen LogP contribution in [0.1, 0.15) is 29.3 Å². The SMILES string of the molecule is CC(O)(CC(Cc1ccc(-c2ccccc2)cc1)NC(=O)c1cc(F)c2n[nH]nc2c1)C(=O)O. The van der Waals surface area contributed by atoms with E-state index in [-0.39, 0.29) is 29.4 Å². The average molecular weight is 462 g/mol. The van der Waals surface area contributed by atoms with Gasteiger partial charge in [0.1, 0.15) is 11.0 Å². The molecular formula is C25H23FN4O4. The number of carbonyl (C=O) groups is 2. The first-order chi connectivity index (χ1) is 16.2. The Morgan fingerprint density at radius 3 is 2.41 bits per heavy atom. The highest BCUT2D eigenvalue weighted by Gasteiger charge is 2.34. The lowest BCUT2D eigenvalue weighted by molar-refractivity contribution is -0.157. The van der Waals surface area contributed by atoms with Gasteiger partial charge in [0.15, 0.2) is 11.4 Å². The highest BCUT2D eigenvalue weighted by molar-refractivity contribution is 5.97. The maximum Gasteiger partial charge on any atom is 0.335 e. The second-order valence-electron chi connectivity index (χ2n) is 8.37. The number of carboxylic acids is 1. The van der Waals surface area contributed by atoms with Crippen molar-refractivity contribution < 1.29 is 24.2 Å². The molecule has 9 heteroatoms. The van der Waals surface area contributed by atoms with Crippen molar-refractivity contribution in [1.29, 1.82) is 0 Å². The van der Waals surface area contributed by atoms with Gasteiger partial charge in [-0.1, -0.05) is 54.6 Å². The lowest BCUT2D eigenvalue weighted by Gasteiger charge is -2.26. The van der Waals surface area contributed by atoms with E-state index in [0.717, 1.165) is 22.8 Å². The third-order valence-corrected chi connectivity index (χ3v) is 5.62. The minimum absolute atomic E-state index is 0.0123. The van der Waals surface area contributed by atoms with Gasteiger partial charge in [-0.25, -0.2) is 9.18 Å². The molecular weight excluding hydrogens is 439 g/mol. The summed E-state index contributed by atoms with van der Waals surface area (Å²) in [5.41, 5.74) is 1.05. The summed E-state index contributed by atoms with van der Waals surface area (Å²) in [4.78, 5) is 24.4. The van der Waals surface area contributed by atoms with Crippen LogP contribution < -0.4 is 5.32 Å². The summed E-state index contributed by atoms with van der Waals surface area (Å²) in [7, 11) is 0. The molecule has 0 aliphatic rings. The molecule has 0 spiro atoms. The number of H-pyrrole nitrogens is 1. The van der Waals surface area contributed by atoms with E-state index < -0.39 is 29.3 Å². The lowest BCUT2D eigenvalue weighted by Crippen LogP contribution is -2.46. The molecule has 4 aromatic rings. The van der Waals surface area contributed by atoms with Crippen LogP contribution in [-0.2, 0) is 11.2 Å². The number of carboxylic acid groups (broad SMARTS) is 1. The molecule has 2 atom stereocenters. The Balaban J connectivity index is 1.56. The second-order valence-corrected chi connectivity index (χ2v) is 8.37. The van der Waals surface area contributed by atoms with Gasteiger partial charge < -0.3 is 15.5 Å². The van der Waals surface area contributed by atoms with E-state index in [1.165, 1.54) is 13.0 Å². The Hall–Kier alpha value is -4.11. The van der Waals surface area contributed by atoms with Crippen LogP contribution in [0.4, 0.5) is 4.39 Å². The van der Waals surface area contributed by atoms with Crippen LogP contribution in [0, 0.1) is 5.82 Å². The zero-order valence-corrected chi connectivity index (χ0v) is 18.3. The Kier molecular flexibility index (Phi) is 6.38. The molecule has 0 bridgehead atoms. The standard InChI is InChI=1S/C25H23FN4O4/c1-25(34,24(32)33)14-19(11-15-7-9-17(10-8-15)16-5-3-2-4-6-16)27-23(31)18-12-20(26)22-21(13-18)28-30-29-22/h2-10,12-13,19,34H,11,14H2,1H3,(H,27,31)(H,32,33)(H,28,29,30). The number of fused-ring (bicyclic) bond motifs is 1. The number of aliphatic carboxylic acids is 1. The fraction of sp³-hybridized carbons (Fsp3) is 0.200. The normalized spacial score (nSPS) is 13.9. The molecule has 0 aliphatic carbocycles. The van der Waals surface area contributed by atoms with Gasteiger partial charge in [-0.15, -0.1) is 0 Å². The van der Waals surface area contributed by atoms with Gasteiger partial charge in [0, 0.05) is 18.0 Å². The molecule has 1 heterocycles. The summed E-state index contributed by atoms with van der Waals surface area (Å²) in [6.45, 7) is 1.17. The van der Waals surface area contributed by atoms with E-state index in [2.05, 4.69) is 20.7 Å². The number of nitrogens with one attached hydrogen (secondary N) is 2. The number of hydrogen-bond donors (Lipinski definition) is 4. The number of halogens is 1. The Labute approximate surface area is 194 Å². The second kappa shape index (κ2) is 9.40. The van der Waals surface area contributed by atoms with Crippen LogP contribution in [-0.4, -0.2) is 49.1 Å². The smallest absolute Gasteiger partial charge is 0.335 e. The van der Waals surface area contributed by atoms with Crippen molar-refractivity contribution in [2.75, 3.05) is 0 Å². The summed E-state index contributed by atoms with van der Waals surface area (Å²) >= 11 is 0. The summed E-state index contributed by atoms with van der Waals surface area (Å²) in [5, 5.41) is 32.3. The quantitative estimate of drug-likeness (QED) is 0.318. The van der Waals surface area contributed by atoms with Crippen LogP contribution >= 0.6 is 0 Å². The molecule has 8 nitrogen and oxygen atoms in total. The maximum atomic E-state index is 14.3. The van der Waals surface area contributed by atoms with E-state index in [1.807, 2.05) is 54.6 Å². The zero-order valence-electron chi connectivity index (χ0n) is 18.3. The van der Waals surface area contributed by atoms with Gasteiger partial charge >= 0.3 is 5.97 Å². The third kappa shape index (κ3) is 5.10. The minimum Gasteiger partial charge on any atom is -0.479 e. The zero-order chi connectivity index (χ0) is 24.3. The van der Waals surface area contributed by atoms with Crippen molar-refractivity contribution in [1.82, 2.24) is 20.7 Å². The Morgan fingerprint density at radius 1 is 1.06 bits per heavy atom. The van der Waals surface area contributed by atoms with Gasteiger partial charge in [0.25, 0.3) is 5.91 Å². The van der Waals surface area contributed by atoms with Crippen LogP contribution in [0.2, 0.25) is 0 Å². The van der Waals surface area contributed by atoms with Crippen LogP contribution in [0.3, 0.4) is 0 Å². The van der Waals surface area contributed by atoms with E-state index in [1.54, 1.807) is 0 Å². The van der Waals surface area contributed by atoms with Gasteiger partial charge in [-0.05, 0) is 42.2 Å². The summed E-state index contributed by atoms with van der Waals surface area (Å²) in [5.74, 6) is -2.72. The lowest BCUT2D eigenvalue weighted by atomic mass is 9.92. The minimum atomic E-state index is -2.07. The van der Waals surface area contributed by atoms with E-state index in [0.29, 0.717) is 0 Å². The predicted molar refractivity (Wildman–Crippen MR) is 124 cm³/mol. The molecule has 0 fully saturated rings. The number of benzene rings is 3. The largest absolute Gasteiger partial charge is 0.479 e. The fourth-order valence-corrected chi connectivity index (χ4v) is 3.80. The monoisotopic (exact) mass is 462 g/mol. The number of rotatable bonds is 8. The fourth-order valence-electron chi connectivity index (χ4n) is 3.80.